The highest BCUT2D eigenvalue weighted by Crippen LogP contribution is 2.24. The van der Waals surface area contributed by atoms with Crippen molar-refractivity contribution in [1.29, 1.82) is 0 Å². The number of hydrogen-bond donors (Lipinski definition) is 1. The normalized spacial score (nSPS) is 13.3. The van der Waals surface area contributed by atoms with Crippen molar-refractivity contribution < 1.29 is 9.21 Å². The maximum atomic E-state index is 12.7. The van der Waals surface area contributed by atoms with Crippen molar-refractivity contribution in [3.63, 3.8) is 0 Å². The first-order valence-corrected chi connectivity index (χ1v) is 8.51. The minimum atomic E-state index is -0.0700. The molecule has 1 aliphatic rings. The third-order valence-corrected chi connectivity index (χ3v) is 4.58. The lowest BCUT2D eigenvalue weighted by Crippen LogP contribution is -2.36. The van der Waals surface area contributed by atoms with Gasteiger partial charge in [0.05, 0.1) is 6.26 Å². The molecular formula is C19H19N5O2. The smallest absolute Gasteiger partial charge is 0.290 e. The zero-order valence-electron chi connectivity index (χ0n) is 14.5. The lowest BCUT2D eigenvalue weighted by Gasteiger charge is -2.29. The Bertz CT molecular complexity index is 923. The summed E-state index contributed by atoms with van der Waals surface area (Å²) in [5.41, 5.74) is 4.28. The second kappa shape index (κ2) is 6.95. The van der Waals surface area contributed by atoms with Crippen LogP contribution in [0.15, 0.2) is 47.6 Å². The molecule has 7 heteroatoms. The van der Waals surface area contributed by atoms with Crippen LogP contribution >= 0.6 is 0 Å². The highest BCUT2D eigenvalue weighted by atomic mass is 16.3. The summed E-state index contributed by atoms with van der Waals surface area (Å²) in [6, 6.07) is 3.59. The molecule has 1 amide bonds. The van der Waals surface area contributed by atoms with Gasteiger partial charge in [-0.15, -0.1) is 0 Å². The SMILES string of the molecule is Cc1ccoc1C(=O)N1CCc2c(CNc3ncccn3)cncc2C1. The number of hydrogen-bond acceptors (Lipinski definition) is 6. The van der Waals surface area contributed by atoms with Crippen LogP contribution in [-0.2, 0) is 19.5 Å². The van der Waals surface area contributed by atoms with Gasteiger partial charge in [0.15, 0.2) is 5.76 Å². The number of anilines is 1. The summed E-state index contributed by atoms with van der Waals surface area (Å²) >= 11 is 0. The highest BCUT2D eigenvalue weighted by Gasteiger charge is 2.26. The van der Waals surface area contributed by atoms with Crippen molar-refractivity contribution >= 4 is 11.9 Å². The van der Waals surface area contributed by atoms with Crippen LogP contribution in [-0.4, -0.2) is 32.3 Å². The Morgan fingerprint density at radius 1 is 1.31 bits per heavy atom. The molecule has 3 aromatic heterocycles. The predicted molar refractivity (Wildman–Crippen MR) is 95.5 cm³/mol. The van der Waals surface area contributed by atoms with Gasteiger partial charge in [-0.1, -0.05) is 0 Å². The number of nitrogens with one attached hydrogen (secondary N) is 1. The van der Waals surface area contributed by atoms with Crippen molar-refractivity contribution in [2.45, 2.75) is 26.4 Å². The van der Waals surface area contributed by atoms with Crippen LogP contribution in [0.25, 0.3) is 0 Å². The van der Waals surface area contributed by atoms with Gasteiger partial charge in [-0.05, 0) is 42.2 Å². The third kappa shape index (κ3) is 3.15. The van der Waals surface area contributed by atoms with Crippen LogP contribution in [0, 0.1) is 6.92 Å². The molecule has 7 nitrogen and oxygen atoms in total. The average Bonchev–Trinajstić information content (AvgIpc) is 3.12. The van der Waals surface area contributed by atoms with Gasteiger partial charge in [-0.2, -0.15) is 0 Å². The summed E-state index contributed by atoms with van der Waals surface area (Å²) in [5, 5.41) is 3.22. The number of carbonyl (C=O) groups is 1. The lowest BCUT2D eigenvalue weighted by molar-refractivity contribution is 0.0701. The van der Waals surface area contributed by atoms with E-state index in [0.29, 0.717) is 31.3 Å². The molecular weight excluding hydrogens is 330 g/mol. The Morgan fingerprint density at radius 3 is 2.92 bits per heavy atom. The van der Waals surface area contributed by atoms with Gasteiger partial charge >= 0.3 is 0 Å². The van der Waals surface area contributed by atoms with Gasteiger partial charge in [0.1, 0.15) is 0 Å². The zero-order chi connectivity index (χ0) is 17.9. The molecule has 0 fully saturated rings. The van der Waals surface area contributed by atoms with E-state index in [0.717, 1.165) is 23.1 Å². The topological polar surface area (TPSA) is 84.2 Å². The van der Waals surface area contributed by atoms with Crippen LogP contribution in [0.3, 0.4) is 0 Å². The Balaban J connectivity index is 1.50. The van der Waals surface area contributed by atoms with E-state index < -0.39 is 0 Å². The van der Waals surface area contributed by atoms with Crippen LogP contribution in [0.2, 0.25) is 0 Å². The minimum absolute atomic E-state index is 0.0700. The number of fused-ring (bicyclic) bond motifs is 1. The summed E-state index contributed by atoms with van der Waals surface area (Å²) in [7, 11) is 0. The molecule has 4 heterocycles. The first-order chi connectivity index (χ1) is 12.7. The van der Waals surface area contributed by atoms with Crippen molar-refractivity contribution in [3.8, 4) is 0 Å². The maximum absolute atomic E-state index is 12.7. The Hall–Kier alpha value is -3.22. The van der Waals surface area contributed by atoms with E-state index in [4.69, 9.17) is 4.42 Å². The molecule has 0 aromatic carbocycles. The molecule has 0 spiro atoms. The quantitative estimate of drug-likeness (QED) is 0.779. The maximum Gasteiger partial charge on any atom is 0.290 e. The zero-order valence-corrected chi connectivity index (χ0v) is 14.5. The molecule has 132 valence electrons. The monoisotopic (exact) mass is 349 g/mol. The molecule has 0 bridgehead atoms. The van der Waals surface area contributed by atoms with Crippen LogP contribution in [0.5, 0.6) is 0 Å². The van der Waals surface area contributed by atoms with E-state index in [1.165, 1.54) is 5.56 Å². The molecule has 4 rings (SSSR count). The summed E-state index contributed by atoms with van der Waals surface area (Å²) in [4.78, 5) is 27.2. The molecule has 26 heavy (non-hydrogen) atoms. The molecule has 0 aliphatic carbocycles. The lowest BCUT2D eigenvalue weighted by atomic mass is 9.97. The number of amides is 1. The number of furan rings is 1. The number of aromatic nitrogens is 3. The van der Waals surface area contributed by atoms with Crippen molar-refractivity contribution in [2.75, 3.05) is 11.9 Å². The Labute approximate surface area is 151 Å². The average molecular weight is 349 g/mol. The number of carbonyl (C=O) groups excluding carboxylic acids is 1. The largest absolute Gasteiger partial charge is 0.459 e. The summed E-state index contributed by atoms with van der Waals surface area (Å²) in [5.74, 6) is 0.936. The molecule has 0 saturated carbocycles. The second-order valence-corrected chi connectivity index (χ2v) is 6.27. The minimum Gasteiger partial charge on any atom is -0.459 e. The third-order valence-electron chi connectivity index (χ3n) is 4.58. The fraction of sp³-hybridized carbons (Fsp3) is 0.263. The van der Waals surface area contributed by atoms with Gasteiger partial charge in [-0.25, -0.2) is 9.97 Å². The fourth-order valence-electron chi connectivity index (χ4n) is 3.19. The van der Waals surface area contributed by atoms with E-state index in [-0.39, 0.29) is 5.91 Å². The van der Waals surface area contributed by atoms with Gasteiger partial charge in [0.25, 0.3) is 5.91 Å². The van der Waals surface area contributed by atoms with Gasteiger partial charge in [0, 0.05) is 50.0 Å². The summed E-state index contributed by atoms with van der Waals surface area (Å²) in [6.07, 6.45) is 9.45. The molecule has 0 saturated heterocycles. The number of rotatable bonds is 4. The van der Waals surface area contributed by atoms with E-state index in [1.54, 1.807) is 24.7 Å². The number of pyridine rings is 1. The van der Waals surface area contributed by atoms with E-state index in [9.17, 15) is 4.79 Å². The Morgan fingerprint density at radius 2 is 2.15 bits per heavy atom. The summed E-state index contributed by atoms with van der Waals surface area (Å²) < 4.78 is 5.35. The van der Waals surface area contributed by atoms with E-state index >= 15 is 0 Å². The molecule has 1 aliphatic heterocycles. The van der Waals surface area contributed by atoms with Crippen molar-refractivity contribution in [1.82, 2.24) is 19.9 Å². The van der Waals surface area contributed by atoms with Gasteiger partial charge in [-0.3, -0.25) is 9.78 Å². The van der Waals surface area contributed by atoms with Crippen molar-refractivity contribution in [2.24, 2.45) is 0 Å². The highest BCUT2D eigenvalue weighted by molar-refractivity contribution is 5.93. The molecule has 3 aromatic rings. The summed E-state index contributed by atoms with van der Waals surface area (Å²) in [6.45, 7) is 3.68. The van der Waals surface area contributed by atoms with Crippen molar-refractivity contribution in [3.05, 3.63) is 71.2 Å². The second-order valence-electron chi connectivity index (χ2n) is 6.27. The molecule has 0 radical (unpaired) electrons. The van der Waals surface area contributed by atoms with Gasteiger partial charge in [0.2, 0.25) is 5.95 Å². The van der Waals surface area contributed by atoms with Crippen LogP contribution in [0.4, 0.5) is 5.95 Å². The number of aryl methyl sites for hydroxylation is 1. The number of nitrogens with zero attached hydrogens (tertiary/aromatic N) is 4. The molecule has 0 atom stereocenters. The first kappa shape index (κ1) is 16.3. The standard InChI is InChI=1S/C19H19N5O2/c1-13-4-8-26-17(13)18(25)24-7-3-16-14(9-20-10-15(16)12-24)11-23-19-21-5-2-6-22-19/h2,4-6,8-10H,3,7,11-12H2,1H3,(H,21,22,23). The van der Waals surface area contributed by atoms with Crippen LogP contribution in [0.1, 0.15) is 32.8 Å². The van der Waals surface area contributed by atoms with Gasteiger partial charge < -0.3 is 14.6 Å². The fourth-order valence-corrected chi connectivity index (χ4v) is 3.19. The van der Waals surface area contributed by atoms with E-state index in [1.807, 2.05) is 30.3 Å². The first-order valence-electron chi connectivity index (χ1n) is 8.51. The van der Waals surface area contributed by atoms with Crippen LogP contribution < -0.4 is 5.32 Å². The predicted octanol–water partition coefficient (Wildman–Crippen LogP) is 2.58. The van der Waals surface area contributed by atoms with E-state index in [2.05, 4.69) is 20.3 Å². The molecule has 0 unspecified atom stereocenters. The molecule has 1 N–H and O–H groups in total. The Kier molecular flexibility index (Phi) is 4.35.